The summed E-state index contributed by atoms with van der Waals surface area (Å²) < 4.78 is 14.7. The normalized spacial score (nSPS) is 12.1. The average molecular weight is 403 g/mol. The van der Waals surface area contributed by atoms with E-state index in [0.717, 1.165) is 6.42 Å². The summed E-state index contributed by atoms with van der Waals surface area (Å²) in [5.41, 5.74) is 0. The Morgan fingerprint density at radius 2 is 1.18 bits per heavy atom. The van der Waals surface area contributed by atoms with Gasteiger partial charge in [0.05, 0.1) is 20.3 Å². The number of hydrogen-bond acceptors (Lipinski definition) is 5. The molecule has 0 radical (unpaired) electrons. The Balaban J connectivity index is 3.18. The summed E-state index contributed by atoms with van der Waals surface area (Å²) in [6.07, 6.45) is 20.1. The second kappa shape index (κ2) is 22.5. The second-order valence-corrected chi connectivity index (χ2v) is 7.75. The van der Waals surface area contributed by atoms with Gasteiger partial charge in [0.2, 0.25) is 0 Å². The van der Waals surface area contributed by atoms with Gasteiger partial charge in [-0.2, -0.15) is 0 Å². The molecule has 0 aliphatic rings. The molecular formula is C23H46O5. The van der Waals surface area contributed by atoms with Crippen LogP contribution in [0.2, 0.25) is 0 Å². The molecule has 168 valence electrons. The van der Waals surface area contributed by atoms with Crippen molar-refractivity contribution in [3.63, 3.8) is 0 Å². The zero-order valence-corrected chi connectivity index (χ0v) is 18.6. The summed E-state index contributed by atoms with van der Waals surface area (Å²) in [5.74, 6) is 0. The fourth-order valence-corrected chi connectivity index (χ4v) is 3.28. The molecule has 0 aliphatic heterocycles. The van der Waals surface area contributed by atoms with Crippen LogP contribution in [0, 0.1) is 0 Å². The number of unbranched alkanes of at least 4 members (excludes halogenated alkanes) is 15. The third-order valence-corrected chi connectivity index (χ3v) is 5.08. The Morgan fingerprint density at radius 3 is 1.57 bits per heavy atom. The van der Waals surface area contributed by atoms with Crippen molar-refractivity contribution >= 4 is 6.16 Å². The molecule has 0 aromatic rings. The van der Waals surface area contributed by atoms with Crippen LogP contribution < -0.4 is 0 Å². The quantitative estimate of drug-likeness (QED) is 0.177. The minimum absolute atomic E-state index is 0.213. The summed E-state index contributed by atoms with van der Waals surface area (Å²) in [7, 11) is 1.24. The van der Waals surface area contributed by atoms with Gasteiger partial charge in [-0.05, 0) is 6.42 Å². The van der Waals surface area contributed by atoms with Crippen molar-refractivity contribution < 1.29 is 24.1 Å². The van der Waals surface area contributed by atoms with Crippen LogP contribution >= 0.6 is 0 Å². The second-order valence-electron chi connectivity index (χ2n) is 7.75. The van der Waals surface area contributed by atoms with Crippen molar-refractivity contribution in [2.24, 2.45) is 0 Å². The van der Waals surface area contributed by atoms with Crippen molar-refractivity contribution in [3.8, 4) is 0 Å². The number of methoxy groups -OCH3 is 1. The van der Waals surface area contributed by atoms with E-state index < -0.39 is 12.3 Å². The number of carbonyl (C=O) groups is 1. The predicted molar refractivity (Wildman–Crippen MR) is 115 cm³/mol. The third-order valence-electron chi connectivity index (χ3n) is 5.08. The molecule has 0 heterocycles. The van der Waals surface area contributed by atoms with Crippen molar-refractivity contribution in [1.29, 1.82) is 0 Å². The minimum Gasteiger partial charge on any atom is -0.438 e. The van der Waals surface area contributed by atoms with Gasteiger partial charge in [-0.3, -0.25) is 0 Å². The lowest BCUT2D eigenvalue weighted by atomic mass is 10.0. The van der Waals surface area contributed by atoms with E-state index in [-0.39, 0.29) is 13.2 Å². The third kappa shape index (κ3) is 19.9. The molecule has 0 aliphatic carbocycles. The first-order valence-corrected chi connectivity index (χ1v) is 11.7. The largest absolute Gasteiger partial charge is 0.508 e. The lowest BCUT2D eigenvalue weighted by Gasteiger charge is -2.14. The number of hydrogen-bond donors (Lipinski definition) is 1. The molecule has 0 unspecified atom stereocenters. The van der Waals surface area contributed by atoms with Gasteiger partial charge in [-0.25, -0.2) is 4.79 Å². The molecule has 5 heteroatoms. The van der Waals surface area contributed by atoms with Gasteiger partial charge < -0.3 is 19.3 Å². The van der Waals surface area contributed by atoms with Crippen LogP contribution in [0.25, 0.3) is 0 Å². The van der Waals surface area contributed by atoms with Gasteiger partial charge in [0, 0.05) is 6.61 Å². The molecule has 1 N–H and O–H groups in total. The molecule has 0 saturated carbocycles. The number of aliphatic hydroxyl groups excluding tert-OH is 1. The first kappa shape index (κ1) is 27.2. The fraction of sp³-hybridized carbons (Fsp3) is 0.957. The van der Waals surface area contributed by atoms with E-state index in [1.165, 1.54) is 103 Å². The van der Waals surface area contributed by atoms with Gasteiger partial charge in [-0.1, -0.05) is 103 Å². The van der Waals surface area contributed by atoms with E-state index in [1.54, 1.807) is 0 Å². The van der Waals surface area contributed by atoms with E-state index >= 15 is 0 Å². The SMILES string of the molecule is CCCCCCCCCCCCCCCCCCOC[C@H](CO)OC(=O)OC. The van der Waals surface area contributed by atoms with Crippen LogP contribution in [0.1, 0.15) is 110 Å². The van der Waals surface area contributed by atoms with Crippen molar-refractivity contribution in [2.45, 2.75) is 116 Å². The smallest absolute Gasteiger partial charge is 0.438 e. The minimum atomic E-state index is -0.787. The summed E-state index contributed by atoms with van der Waals surface area (Å²) in [5, 5.41) is 9.10. The fourth-order valence-electron chi connectivity index (χ4n) is 3.28. The highest BCUT2D eigenvalue weighted by Crippen LogP contribution is 2.13. The summed E-state index contributed by atoms with van der Waals surface area (Å²) in [6.45, 7) is 2.87. The molecule has 0 aromatic carbocycles. The highest BCUT2D eigenvalue weighted by atomic mass is 16.7. The van der Waals surface area contributed by atoms with Crippen LogP contribution in [-0.2, 0) is 14.2 Å². The molecule has 28 heavy (non-hydrogen) atoms. The first-order valence-electron chi connectivity index (χ1n) is 11.7. The molecular weight excluding hydrogens is 356 g/mol. The van der Waals surface area contributed by atoms with Crippen molar-refractivity contribution in [1.82, 2.24) is 0 Å². The Morgan fingerprint density at radius 1 is 0.750 bits per heavy atom. The molecule has 0 rings (SSSR count). The Bertz CT molecular complexity index is 322. The molecule has 0 fully saturated rings. The van der Waals surface area contributed by atoms with E-state index in [1.807, 2.05) is 0 Å². The maximum atomic E-state index is 11.0. The maximum absolute atomic E-state index is 11.0. The Labute approximate surface area is 173 Å². The van der Waals surface area contributed by atoms with E-state index in [4.69, 9.17) is 14.6 Å². The molecule has 0 aromatic heterocycles. The van der Waals surface area contributed by atoms with E-state index in [2.05, 4.69) is 11.7 Å². The molecule has 0 amide bonds. The number of carbonyl (C=O) groups excluding carboxylic acids is 1. The summed E-state index contributed by atoms with van der Waals surface area (Å²) in [4.78, 5) is 11.0. The van der Waals surface area contributed by atoms with Crippen molar-refractivity contribution in [3.05, 3.63) is 0 Å². The van der Waals surface area contributed by atoms with Crippen LogP contribution in [0.5, 0.6) is 0 Å². The standard InChI is InChI=1S/C23H46O5/c1-3-4-5-6-7-8-9-10-11-12-13-14-15-16-17-18-19-27-21-22(20-24)28-23(25)26-2/h22,24H,3-21H2,1-2H3/t22-/m0/s1. The van der Waals surface area contributed by atoms with E-state index in [0.29, 0.717) is 6.61 Å². The van der Waals surface area contributed by atoms with Gasteiger partial charge in [0.15, 0.2) is 6.10 Å². The van der Waals surface area contributed by atoms with Gasteiger partial charge in [-0.15, -0.1) is 0 Å². The molecule has 0 saturated heterocycles. The summed E-state index contributed by atoms with van der Waals surface area (Å²) >= 11 is 0. The average Bonchev–Trinajstić information content (AvgIpc) is 2.71. The molecule has 0 spiro atoms. The first-order chi connectivity index (χ1) is 13.7. The van der Waals surface area contributed by atoms with Crippen LogP contribution in [0.15, 0.2) is 0 Å². The lowest BCUT2D eigenvalue weighted by molar-refractivity contribution is -0.0311. The van der Waals surface area contributed by atoms with Gasteiger partial charge >= 0.3 is 6.16 Å². The summed E-state index contributed by atoms with van der Waals surface area (Å²) in [6, 6.07) is 0. The van der Waals surface area contributed by atoms with E-state index in [9.17, 15) is 4.79 Å². The van der Waals surface area contributed by atoms with Gasteiger partial charge in [0.1, 0.15) is 0 Å². The Hall–Kier alpha value is -0.810. The highest BCUT2D eigenvalue weighted by Gasteiger charge is 2.13. The van der Waals surface area contributed by atoms with Crippen LogP contribution in [0.4, 0.5) is 4.79 Å². The molecule has 0 bridgehead atoms. The number of ether oxygens (including phenoxy) is 3. The predicted octanol–water partition coefficient (Wildman–Crippen LogP) is 6.41. The Kier molecular flexibility index (Phi) is 21.8. The van der Waals surface area contributed by atoms with Crippen molar-refractivity contribution in [2.75, 3.05) is 26.9 Å². The maximum Gasteiger partial charge on any atom is 0.508 e. The topological polar surface area (TPSA) is 65.0 Å². The molecule has 5 nitrogen and oxygen atoms in total. The zero-order valence-electron chi connectivity index (χ0n) is 18.6. The molecule has 1 atom stereocenters. The number of aliphatic hydroxyl groups is 1. The lowest BCUT2D eigenvalue weighted by Crippen LogP contribution is -2.27. The number of rotatable bonds is 21. The zero-order chi connectivity index (χ0) is 20.7. The van der Waals surface area contributed by atoms with Crippen LogP contribution in [-0.4, -0.2) is 44.3 Å². The highest BCUT2D eigenvalue weighted by molar-refractivity contribution is 5.59. The van der Waals surface area contributed by atoms with Gasteiger partial charge in [0.25, 0.3) is 0 Å². The van der Waals surface area contributed by atoms with Crippen LogP contribution in [0.3, 0.4) is 0 Å². The monoisotopic (exact) mass is 402 g/mol.